The summed E-state index contributed by atoms with van der Waals surface area (Å²) in [5.41, 5.74) is -1.68. The molecule has 1 saturated heterocycles. The number of hydrogen-bond acceptors (Lipinski definition) is 5. The first kappa shape index (κ1) is 19.7. The summed E-state index contributed by atoms with van der Waals surface area (Å²) in [7, 11) is 0. The van der Waals surface area contributed by atoms with E-state index >= 15 is 0 Å². The van der Waals surface area contributed by atoms with E-state index in [2.05, 4.69) is 5.32 Å². The molecule has 8 heteroatoms. The first-order valence-electron chi connectivity index (χ1n) is 8.54. The molecule has 8 nitrogen and oxygen atoms in total. The van der Waals surface area contributed by atoms with Crippen molar-refractivity contribution in [1.82, 2.24) is 10.2 Å². The van der Waals surface area contributed by atoms with Crippen molar-refractivity contribution in [1.29, 1.82) is 0 Å². The molecule has 1 aliphatic rings. The van der Waals surface area contributed by atoms with Crippen LogP contribution in [-0.2, 0) is 9.59 Å². The van der Waals surface area contributed by atoms with Crippen molar-refractivity contribution in [3.8, 4) is 5.75 Å². The highest BCUT2D eigenvalue weighted by molar-refractivity contribution is 6.00. The molecule has 0 saturated carbocycles. The molecule has 142 valence electrons. The molecule has 0 spiro atoms. The van der Waals surface area contributed by atoms with E-state index in [1.165, 1.54) is 4.90 Å². The SMILES string of the molecule is CCOc1ccccc1C(=O)N1CCCC1C(=O)NCC(C)(O)C(=O)O. The van der Waals surface area contributed by atoms with Gasteiger partial charge >= 0.3 is 5.97 Å². The second-order valence-electron chi connectivity index (χ2n) is 6.38. The van der Waals surface area contributed by atoms with Gasteiger partial charge < -0.3 is 25.2 Å². The summed E-state index contributed by atoms with van der Waals surface area (Å²) in [6.45, 7) is 3.33. The van der Waals surface area contributed by atoms with Crippen LogP contribution in [0.5, 0.6) is 5.75 Å². The summed E-state index contributed by atoms with van der Waals surface area (Å²) in [5, 5.41) is 21.1. The molecule has 0 radical (unpaired) electrons. The number of para-hydroxylation sites is 1. The number of nitrogens with zero attached hydrogens (tertiary/aromatic N) is 1. The summed E-state index contributed by atoms with van der Waals surface area (Å²) in [5.74, 6) is -1.76. The van der Waals surface area contributed by atoms with Gasteiger partial charge in [-0.15, -0.1) is 0 Å². The van der Waals surface area contributed by atoms with Crippen LogP contribution in [0.2, 0.25) is 0 Å². The Morgan fingerprint density at radius 1 is 1.35 bits per heavy atom. The van der Waals surface area contributed by atoms with Crippen LogP contribution in [0.3, 0.4) is 0 Å². The zero-order valence-corrected chi connectivity index (χ0v) is 14.9. The summed E-state index contributed by atoms with van der Waals surface area (Å²) in [6.07, 6.45) is 1.14. The fourth-order valence-electron chi connectivity index (χ4n) is 2.81. The van der Waals surface area contributed by atoms with Crippen LogP contribution in [0.15, 0.2) is 24.3 Å². The molecule has 1 fully saturated rings. The maximum absolute atomic E-state index is 12.9. The van der Waals surface area contributed by atoms with E-state index in [1.54, 1.807) is 24.3 Å². The van der Waals surface area contributed by atoms with Crippen LogP contribution in [0.25, 0.3) is 0 Å². The number of carboxylic acids is 1. The third kappa shape index (κ3) is 4.32. The summed E-state index contributed by atoms with van der Waals surface area (Å²) in [4.78, 5) is 37.7. The van der Waals surface area contributed by atoms with Crippen molar-refractivity contribution in [2.45, 2.75) is 38.3 Å². The van der Waals surface area contributed by atoms with Gasteiger partial charge in [-0.3, -0.25) is 9.59 Å². The lowest BCUT2D eigenvalue weighted by atomic mass is 10.1. The Labute approximate surface area is 151 Å². The second-order valence-corrected chi connectivity index (χ2v) is 6.38. The fourth-order valence-corrected chi connectivity index (χ4v) is 2.81. The van der Waals surface area contributed by atoms with E-state index < -0.39 is 30.1 Å². The Balaban J connectivity index is 2.11. The Bertz CT molecular complexity index is 688. The number of carbonyl (C=O) groups excluding carboxylic acids is 2. The lowest BCUT2D eigenvalue weighted by Crippen LogP contribution is -2.52. The molecule has 1 heterocycles. The Morgan fingerprint density at radius 3 is 2.69 bits per heavy atom. The van der Waals surface area contributed by atoms with Crippen LogP contribution in [0, 0.1) is 0 Å². The number of carboxylic acid groups (broad SMARTS) is 1. The molecule has 1 aliphatic heterocycles. The van der Waals surface area contributed by atoms with Gasteiger partial charge in [0.1, 0.15) is 11.8 Å². The highest BCUT2D eigenvalue weighted by Crippen LogP contribution is 2.25. The van der Waals surface area contributed by atoms with Gasteiger partial charge in [0, 0.05) is 6.54 Å². The van der Waals surface area contributed by atoms with Crippen molar-refractivity contribution in [2.24, 2.45) is 0 Å². The fraction of sp³-hybridized carbons (Fsp3) is 0.500. The molecule has 2 amide bonds. The maximum atomic E-state index is 12.9. The number of likely N-dealkylation sites (tertiary alicyclic amines) is 1. The quantitative estimate of drug-likeness (QED) is 0.654. The average Bonchev–Trinajstić information content (AvgIpc) is 3.09. The first-order valence-corrected chi connectivity index (χ1v) is 8.54. The van der Waals surface area contributed by atoms with E-state index in [0.29, 0.717) is 37.3 Å². The van der Waals surface area contributed by atoms with Crippen LogP contribution >= 0.6 is 0 Å². The first-order chi connectivity index (χ1) is 12.3. The van der Waals surface area contributed by atoms with Gasteiger partial charge in [0.2, 0.25) is 5.91 Å². The van der Waals surface area contributed by atoms with Gasteiger partial charge in [0.25, 0.3) is 5.91 Å². The third-order valence-electron chi connectivity index (χ3n) is 4.30. The number of aliphatic hydroxyl groups is 1. The van der Waals surface area contributed by atoms with E-state index in [1.807, 2.05) is 6.92 Å². The molecule has 0 aromatic heterocycles. The summed E-state index contributed by atoms with van der Waals surface area (Å²) in [6, 6.07) is 6.14. The topological polar surface area (TPSA) is 116 Å². The van der Waals surface area contributed by atoms with Crippen LogP contribution < -0.4 is 10.1 Å². The molecule has 2 unspecified atom stereocenters. The van der Waals surface area contributed by atoms with Crippen LogP contribution in [0.4, 0.5) is 0 Å². The molecule has 1 aromatic carbocycles. The molecular weight excluding hydrogens is 340 g/mol. The monoisotopic (exact) mass is 364 g/mol. The minimum absolute atomic E-state index is 0.309. The number of amides is 2. The maximum Gasteiger partial charge on any atom is 0.337 e. The molecule has 0 aliphatic carbocycles. The molecule has 2 atom stereocenters. The van der Waals surface area contributed by atoms with Crippen molar-refractivity contribution in [2.75, 3.05) is 19.7 Å². The lowest BCUT2D eigenvalue weighted by molar-refractivity contribution is -0.156. The molecule has 26 heavy (non-hydrogen) atoms. The predicted molar refractivity (Wildman–Crippen MR) is 92.9 cm³/mol. The molecular formula is C18H24N2O6. The molecule has 0 bridgehead atoms. The minimum atomic E-state index is -2.06. The number of nitrogens with one attached hydrogen (secondary N) is 1. The summed E-state index contributed by atoms with van der Waals surface area (Å²) >= 11 is 0. The van der Waals surface area contributed by atoms with Crippen molar-refractivity contribution < 1.29 is 29.3 Å². The van der Waals surface area contributed by atoms with E-state index in [0.717, 1.165) is 6.92 Å². The highest BCUT2D eigenvalue weighted by atomic mass is 16.5. The van der Waals surface area contributed by atoms with Gasteiger partial charge in [-0.05, 0) is 38.8 Å². The second kappa shape index (κ2) is 8.18. The van der Waals surface area contributed by atoms with E-state index in [9.17, 15) is 19.5 Å². The normalized spacial score (nSPS) is 18.9. The molecule has 1 aromatic rings. The highest BCUT2D eigenvalue weighted by Gasteiger charge is 2.37. The number of rotatable bonds is 7. The smallest absolute Gasteiger partial charge is 0.337 e. The van der Waals surface area contributed by atoms with Gasteiger partial charge in [-0.2, -0.15) is 0 Å². The van der Waals surface area contributed by atoms with Gasteiger partial charge in [0.15, 0.2) is 5.60 Å². The minimum Gasteiger partial charge on any atom is -0.493 e. The van der Waals surface area contributed by atoms with Gasteiger partial charge in [-0.25, -0.2) is 4.79 Å². The van der Waals surface area contributed by atoms with Crippen molar-refractivity contribution >= 4 is 17.8 Å². The number of benzene rings is 1. The van der Waals surface area contributed by atoms with Gasteiger partial charge in [0.05, 0.1) is 18.7 Å². The van der Waals surface area contributed by atoms with E-state index in [-0.39, 0.29) is 5.91 Å². The number of hydrogen-bond donors (Lipinski definition) is 3. The summed E-state index contributed by atoms with van der Waals surface area (Å²) < 4.78 is 5.49. The predicted octanol–water partition coefficient (Wildman–Crippen LogP) is 0.642. The molecule has 3 N–H and O–H groups in total. The van der Waals surface area contributed by atoms with Gasteiger partial charge in [-0.1, -0.05) is 12.1 Å². The zero-order chi connectivity index (χ0) is 19.3. The van der Waals surface area contributed by atoms with E-state index in [4.69, 9.17) is 9.84 Å². The average molecular weight is 364 g/mol. The largest absolute Gasteiger partial charge is 0.493 e. The molecule has 2 rings (SSSR count). The Hall–Kier alpha value is -2.61. The standard InChI is InChI=1S/C18H24N2O6/c1-3-26-14-9-5-4-7-12(14)16(22)20-10-6-8-13(20)15(21)19-11-18(2,25)17(23)24/h4-5,7,9,13,25H,3,6,8,10-11H2,1-2H3,(H,19,21)(H,23,24). The Kier molecular flexibility index (Phi) is 6.20. The third-order valence-corrected chi connectivity index (χ3v) is 4.30. The Morgan fingerprint density at radius 2 is 2.04 bits per heavy atom. The lowest BCUT2D eigenvalue weighted by Gasteiger charge is -2.26. The van der Waals surface area contributed by atoms with Crippen molar-refractivity contribution in [3.63, 3.8) is 0 Å². The van der Waals surface area contributed by atoms with Crippen LogP contribution in [0.1, 0.15) is 37.0 Å². The van der Waals surface area contributed by atoms with Crippen molar-refractivity contribution in [3.05, 3.63) is 29.8 Å². The number of aliphatic carboxylic acids is 1. The number of carbonyl (C=O) groups is 3. The number of ether oxygens (including phenoxy) is 1. The zero-order valence-electron chi connectivity index (χ0n) is 14.9. The van der Waals surface area contributed by atoms with Crippen LogP contribution in [-0.4, -0.2) is 64.2 Å².